The molecule has 0 amide bonds. The third-order valence-corrected chi connectivity index (χ3v) is 24.5. The third-order valence-electron chi connectivity index (χ3n) is 24.5. The summed E-state index contributed by atoms with van der Waals surface area (Å²) < 4.78 is 7.15. The predicted octanol–water partition coefficient (Wildman–Crippen LogP) is 30.5. The summed E-state index contributed by atoms with van der Waals surface area (Å²) in [6.45, 7) is 0. The summed E-state index contributed by atoms with van der Waals surface area (Å²) in [6, 6.07) is 158. The fraction of sp³-hybridized carbons (Fsp3) is 0.0351. The Morgan fingerprint density at radius 2 is 0.575 bits per heavy atom. The molecule has 120 heavy (non-hydrogen) atoms. The number of hydrogen-bond acceptors (Lipinski definition) is 3. The monoisotopic (exact) mass is 1530 g/mol. The molecule has 2 aliphatic carbocycles. The summed E-state index contributed by atoms with van der Waals surface area (Å²) in [4.78, 5) is 7.33. The molecule has 0 fully saturated rings. The lowest BCUT2D eigenvalue weighted by atomic mass is 9.81. The Kier molecular flexibility index (Phi) is 18.1. The maximum Gasteiger partial charge on any atom is 0.0560 e. The van der Waals surface area contributed by atoms with Crippen molar-refractivity contribution in [3.05, 3.63) is 483 Å². The van der Waals surface area contributed by atoms with E-state index in [1.165, 1.54) is 98.8 Å². The Labute approximate surface area is 698 Å². The number of benzene rings is 17. The zero-order valence-electron chi connectivity index (χ0n) is 66.1. The molecule has 17 aromatic carbocycles. The summed E-state index contributed by atoms with van der Waals surface area (Å²) >= 11 is 0. The van der Waals surface area contributed by atoms with Gasteiger partial charge in [-0.05, 0) is 244 Å². The number of rotatable bonds is 18. The molecule has 0 spiro atoms. The van der Waals surface area contributed by atoms with Crippen molar-refractivity contribution in [3.63, 3.8) is 0 Å². The molecule has 2 unspecified atom stereocenters. The van der Waals surface area contributed by atoms with Gasteiger partial charge in [-0.1, -0.05) is 291 Å². The fourth-order valence-corrected chi connectivity index (χ4v) is 18.8. The van der Waals surface area contributed by atoms with Gasteiger partial charge in [-0.15, -0.1) is 0 Å². The van der Waals surface area contributed by atoms with E-state index in [4.69, 9.17) is 0 Å². The minimum atomic E-state index is -0.00217. The Hall–Kier alpha value is -15.5. The van der Waals surface area contributed by atoms with Crippen molar-refractivity contribution in [3.8, 4) is 39.3 Å². The molecule has 0 bridgehead atoms. The second-order valence-electron chi connectivity index (χ2n) is 31.5. The first-order valence-corrected chi connectivity index (χ1v) is 41.6. The summed E-state index contributed by atoms with van der Waals surface area (Å²) in [7, 11) is 0. The first-order valence-electron chi connectivity index (χ1n) is 41.6. The van der Waals surface area contributed by atoms with Crippen LogP contribution < -0.4 is 14.7 Å². The van der Waals surface area contributed by atoms with Gasteiger partial charge >= 0.3 is 0 Å². The van der Waals surface area contributed by atoms with E-state index in [0.29, 0.717) is 0 Å². The van der Waals surface area contributed by atoms with Crippen molar-refractivity contribution in [2.75, 3.05) is 14.7 Å². The molecule has 2 atom stereocenters. The quantitative estimate of drug-likeness (QED) is 0.0856. The van der Waals surface area contributed by atoms with Crippen LogP contribution >= 0.6 is 0 Å². The molecule has 2 aliphatic rings. The number of nitrogens with zero attached hydrogens (tertiary/aromatic N) is 6. The van der Waals surface area contributed by atoms with Gasteiger partial charge in [0.1, 0.15) is 0 Å². The van der Waals surface area contributed by atoms with Crippen molar-refractivity contribution in [2.24, 2.45) is 0 Å². The number of aromatic nitrogens is 3. The molecule has 6 nitrogen and oxygen atoms in total. The van der Waals surface area contributed by atoms with Crippen molar-refractivity contribution in [2.45, 2.75) is 24.8 Å². The molecule has 22 rings (SSSR count). The van der Waals surface area contributed by atoms with Crippen LogP contribution in [0.25, 0.3) is 121 Å². The van der Waals surface area contributed by atoms with Crippen LogP contribution in [-0.2, 0) is 0 Å². The molecule has 6 heteroatoms. The lowest BCUT2D eigenvalue weighted by Crippen LogP contribution is -2.30. The van der Waals surface area contributed by atoms with Crippen LogP contribution in [0.5, 0.6) is 0 Å². The van der Waals surface area contributed by atoms with Gasteiger partial charge in [-0.3, -0.25) is 0 Å². The Bertz CT molecular complexity index is 7210. The highest BCUT2D eigenvalue weighted by molar-refractivity contribution is 6.11. The van der Waals surface area contributed by atoms with E-state index in [-0.39, 0.29) is 12.0 Å². The van der Waals surface area contributed by atoms with Crippen molar-refractivity contribution < 1.29 is 0 Å². The Balaban J connectivity index is 0.603. The number of para-hydroxylation sites is 9. The Morgan fingerprint density at radius 3 is 0.992 bits per heavy atom. The molecule has 0 aliphatic heterocycles. The van der Waals surface area contributed by atoms with Crippen LogP contribution in [0, 0.1) is 0 Å². The third kappa shape index (κ3) is 13.0. The molecular formula is C114H82N6. The molecular weight excluding hydrogens is 1450 g/mol. The molecule has 3 heterocycles. The van der Waals surface area contributed by atoms with E-state index in [0.717, 1.165) is 103 Å². The van der Waals surface area contributed by atoms with Crippen molar-refractivity contribution in [1.29, 1.82) is 0 Å². The van der Waals surface area contributed by atoms with E-state index >= 15 is 0 Å². The maximum absolute atomic E-state index is 2.53. The highest BCUT2D eigenvalue weighted by atomic mass is 15.2. The van der Waals surface area contributed by atoms with Gasteiger partial charge in [0.15, 0.2) is 0 Å². The normalized spacial score (nSPS) is 14.1. The van der Waals surface area contributed by atoms with E-state index < -0.39 is 0 Å². The number of fused-ring (bicyclic) bond motifs is 9. The second kappa shape index (κ2) is 30.6. The molecule has 3 aromatic heterocycles. The predicted molar refractivity (Wildman–Crippen MR) is 506 cm³/mol. The van der Waals surface area contributed by atoms with Gasteiger partial charge in [0.05, 0.1) is 39.1 Å². The zero-order chi connectivity index (χ0) is 79.4. The summed E-state index contributed by atoms with van der Waals surface area (Å²) in [6.07, 6.45) is 13.8. The molecule has 568 valence electrons. The first kappa shape index (κ1) is 71.1. The van der Waals surface area contributed by atoms with Gasteiger partial charge in [-0.25, -0.2) is 0 Å². The van der Waals surface area contributed by atoms with Gasteiger partial charge in [0.25, 0.3) is 0 Å². The van der Waals surface area contributed by atoms with Gasteiger partial charge < -0.3 is 28.4 Å². The number of anilines is 8. The minimum absolute atomic E-state index is 0.00217. The van der Waals surface area contributed by atoms with Gasteiger partial charge in [-0.2, -0.15) is 0 Å². The Morgan fingerprint density at radius 1 is 0.242 bits per heavy atom. The fourth-order valence-electron chi connectivity index (χ4n) is 18.8. The van der Waals surface area contributed by atoms with Crippen LogP contribution in [0.1, 0.15) is 41.0 Å². The highest BCUT2D eigenvalue weighted by Crippen LogP contribution is 2.47. The van der Waals surface area contributed by atoms with Crippen LogP contribution in [-0.4, -0.2) is 19.7 Å². The van der Waals surface area contributed by atoms with Crippen LogP contribution in [0.3, 0.4) is 0 Å². The van der Waals surface area contributed by atoms with Crippen molar-refractivity contribution >= 4 is 128 Å². The summed E-state index contributed by atoms with van der Waals surface area (Å²) in [5.41, 5.74) is 32.5. The van der Waals surface area contributed by atoms with E-state index in [1.807, 2.05) is 0 Å². The highest BCUT2D eigenvalue weighted by Gasteiger charge is 2.27. The average Bonchev–Trinajstić information content (AvgIpc) is 1.62. The van der Waals surface area contributed by atoms with E-state index in [2.05, 4.69) is 489 Å². The van der Waals surface area contributed by atoms with Crippen LogP contribution in [0.2, 0.25) is 0 Å². The maximum atomic E-state index is 2.53. The first-order chi connectivity index (χ1) is 59.5. The second-order valence-corrected chi connectivity index (χ2v) is 31.5. The van der Waals surface area contributed by atoms with Crippen LogP contribution in [0.15, 0.2) is 461 Å². The SMILES string of the molecule is C1=CC(N(c2ccccc2)c2cccc(C3=CC(c4cccc(N(c5ccccc5)c5ccc(-c6ccc(-n7c8ccccc8c8ccccc87)cc6)cc5)c4)=CC(c4cccc(N(c5ccccc5)c5ccc(-c6ccc(-n7c8ccccc8c8ccccc87)cc6)cc5)c4)C3)c2)CC=C1c1ccc(-n2c3ccccc3c3ccccc32)cc1. The van der Waals surface area contributed by atoms with Crippen molar-refractivity contribution in [1.82, 2.24) is 13.7 Å². The number of hydrogen-bond donors (Lipinski definition) is 0. The minimum Gasteiger partial charge on any atom is -0.334 e. The molecule has 0 radical (unpaired) electrons. The summed E-state index contributed by atoms with van der Waals surface area (Å²) in [5, 5.41) is 7.56. The van der Waals surface area contributed by atoms with Crippen LogP contribution in [0.4, 0.5) is 45.5 Å². The lowest BCUT2D eigenvalue weighted by Gasteiger charge is -2.34. The lowest BCUT2D eigenvalue weighted by molar-refractivity contribution is 0.787. The molecule has 20 aromatic rings. The average molecular weight is 1540 g/mol. The number of allylic oxidation sites excluding steroid dienone is 6. The molecule has 0 saturated carbocycles. The van der Waals surface area contributed by atoms with Gasteiger partial charge in [0.2, 0.25) is 0 Å². The summed E-state index contributed by atoms with van der Waals surface area (Å²) in [5.74, 6) is -0.00217. The van der Waals surface area contributed by atoms with E-state index in [9.17, 15) is 0 Å². The van der Waals surface area contributed by atoms with Gasteiger partial charge in [0, 0.05) is 101 Å². The smallest absolute Gasteiger partial charge is 0.0560 e. The van der Waals surface area contributed by atoms with E-state index in [1.54, 1.807) is 0 Å². The standard InChI is InChI=1S/C114H82N6/c1-4-28-91(29-5-1)115(94-61-49-79(50-62-94)82-55-67-97(68-56-82)118-109-43-16-10-37-103(109)104-38-11-17-44-110(104)118)100-34-22-25-85(76-100)88-73-89(86-26-23-35-101(77-86)116(92-30-6-2-7-31-92)95-63-51-80(52-64-95)83-57-69-98(70-58-83)119-111-45-18-12-39-105(111)106-40-13-19-46-112(106)119)75-90(74-88)87-27-24-36-102(78-87)117(93-32-8-3-9-33-93)96-65-53-81(54-66-96)84-59-71-99(72-60-84)120-113-47-20-14-41-107(113)108-42-15-21-48-114(108)120/h1-65,67-74,76-78,89,96H,66,75H2. The topological polar surface area (TPSA) is 24.5 Å². The largest absolute Gasteiger partial charge is 0.334 e. The zero-order valence-corrected chi connectivity index (χ0v) is 66.1. The molecule has 0 N–H and O–H groups in total. The molecule has 0 saturated heterocycles.